The van der Waals surface area contributed by atoms with Gasteiger partial charge in [0.2, 0.25) is 5.91 Å². The first-order valence-electron chi connectivity index (χ1n) is 7.66. The van der Waals surface area contributed by atoms with Gasteiger partial charge in [-0.15, -0.1) is 0 Å². The van der Waals surface area contributed by atoms with Gasteiger partial charge in [-0.1, -0.05) is 11.6 Å². The van der Waals surface area contributed by atoms with Crippen molar-refractivity contribution >= 4 is 40.2 Å². The smallest absolute Gasteiger partial charge is 0.228 e. The molecule has 1 amide bonds. The Labute approximate surface area is 145 Å². The standard InChI is InChI=1S/C17H20ClN3OS/c1-20-5-7-21(8-6-20)16-3-2-14(18)11-15(16)19-17(22)10-13-4-9-23-12-13/h2-4,9,11-12H,5-8,10H2,1H3,(H,19,22). The Kier molecular flexibility index (Phi) is 5.20. The molecular weight excluding hydrogens is 330 g/mol. The number of hydrogen-bond donors (Lipinski definition) is 1. The van der Waals surface area contributed by atoms with Gasteiger partial charge in [-0.05, 0) is 47.6 Å². The molecule has 1 aliphatic rings. The molecule has 0 bridgehead atoms. The van der Waals surface area contributed by atoms with E-state index >= 15 is 0 Å². The number of rotatable bonds is 4. The van der Waals surface area contributed by atoms with Gasteiger partial charge >= 0.3 is 0 Å². The largest absolute Gasteiger partial charge is 0.367 e. The lowest BCUT2D eigenvalue weighted by Gasteiger charge is -2.35. The minimum absolute atomic E-state index is 0.0129. The predicted molar refractivity (Wildman–Crippen MR) is 97.8 cm³/mol. The molecule has 1 aliphatic heterocycles. The molecule has 0 aliphatic carbocycles. The molecule has 0 atom stereocenters. The summed E-state index contributed by atoms with van der Waals surface area (Å²) in [4.78, 5) is 16.9. The monoisotopic (exact) mass is 349 g/mol. The van der Waals surface area contributed by atoms with Crippen LogP contribution in [0.2, 0.25) is 5.02 Å². The van der Waals surface area contributed by atoms with E-state index in [1.54, 1.807) is 11.3 Å². The van der Waals surface area contributed by atoms with E-state index in [2.05, 4.69) is 22.2 Å². The summed E-state index contributed by atoms with van der Waals surface area (Å²) >= 11 is 7.73. The van der Waals surface area contributed by atoms with E-state index in [0.29, 0.717) is 11.4 Å². The molecule has 0 radical (unpaired) electrons. The van der Waals surface area contributed by atoms with Crippen LogP contribution in [0.3, 0.4) is 0 Å². The molecule has 23 heavy (non-hydrogen) atoms. The number of halogens is 1. The Morgan fingerprint density at radius 1 is 1.26 bits per heavy atom. The summed E-state index contributed by atoms with van der Waals surface area (Å²) in [5.74, 6) is -0.0129. The quantitative estimate of drug-likeness (QED) is 0.919. The van der Waals surface area contributed by atoms with E-state index in [1.807, 2.05) is 35.0 Å². The van der Waals surface area contributed by atoms with Gasteiger partial charge in [0, 0.05) is 31.2 Å². The van der Waals surface area contributed by atoms with Gasteiger partial charge in [0.1, 0.15) is 0 Å². The Morgan fingerprint density at radius 3 is 2.74 bits per heavy atom. The number of piperazine rings is 1. The normalized spacial score (nSPS) is 15.7. The molecule has 2 heterocycles. The molecule has 1 aromatic carbocycles. The van der Waals surface area contributed by atoms with E-state index in [0.717, 1.165) is 43.1 Å². The Morgan fingerprint density at radius 2 is 2.04 bits per heavy atom. The van der Waals surface area contributed by atoms with Crippen LogP contribution in [-0.2, 0) is 11.2 Å². The zero-order valence-electron chi connectivity index (χ0n) is 13.1. The van der Waals surface area contributed by atoms with Crippen molar-refractivity contribution in [2.24, 2.45) is 0 Å². The van der Waals surface area contributed by atoms with Crippen LogP contribution in [0, 0.1) is 0 Å². The Bertz CT molecular complexity index is 666. The molecule has 4 nitrogen and oxygen atoms in total. The van der Waals surface area contributed by atoms with Crippen molar-refractivity contribution in [2.75, 3.05) is 43.4 Å². The summed E-state index contributed by atoms with van der Waals surface area (Å²) in [6.45, 7) is 3.94. The fourth-order valence-corrected chi connectivity index (χ4v) is 3.55. The number of thiophene rings is 1. The van der Waals surface area contributed by atoms with E-state index < -0.39 is 0 Å². The molecule has 3 rings (SSSR count). The van der Waals surface area contributed by atoms with Gasteiger partial charge in [0.05, 0.1) is 17.8 Å². The molecule has 1 saturated heterocycles. The lowest BCUT2D eigenvalue weighted by atomic mass is 10.2. The average Bonchev–Trinajstić information content (AvgIpc) is 3.01. The third-order valence-corrected chi connectivity index (χ3v) is 4.99. The maximum Gasteiger partial charge on any atom is 0.228 e. The van der Waals surface area contributed by atoms with Gasteiger partial charge < -0.3 is 15.1 Å². The van der Waals surface area contributed by atoms with Crippen LogP contribution in [0.25, 0.3) is 0 Å². The van der Waals surface area contributed by atoms with Crippen LogP contribution in [0.15, 0.2) is 35.0 Å². The Hall–Kier alpha value is -1.56. The summed E-state index contributed by atoms with van der Waals surface area (Å²) < 4.78 is 0. The van der Waals surface area contributed by atoms with Crippen molar-refractivity contribution in [3.8, 4) is 0 Å². The highest BCUT2D eigenvalue weighted by atomic mass is 35.5. The molecule has 2 aromatic rings. The number of likely N-dealkylation sites (N-methyl/N-ethyl adjacent to an activating group) is 1. The summed E-state index contributed by atoms with van der Waals surface area (Å²) in [5.41, 5.74) is 2.87. The third kappa shape index (κ3) is 4.25. The minimum Gasteiger partial charge on any atom is -0.367 e. The molecule has 6 heteroatoms. The van der Waals surface area contributed by atoms with E-state index in [-0.39, 0.29) is 5.91 Å². The highest BCUT2D eigenvalue weighted by molar-refractivity contribution is 7.08. The lowest BCUT2D eigenvalue weighted by molar-refractivity contribution is -0.115. The third-order valence-electron chi connectivity index (χ3n) is 4.02. The van der Waals surface area contributed by atoms with E-state index in [4.69, 9.17) is 11.6 Å². The highest BCUT2D eigenvalue weighted by Crippen LogP contribution is 2.30. The maximum absolute atomic E-state index is 12.3. The zero-order valence-corrected chi connectivity index (χ0v) is 14.7. The number of nitrogens with zero attached hydrogens (tertiary/aromatic N) is 2. The molecule has 1 N–H and O–H groups in total. The number of carbonyl (C=O) groups is 1. The molecular formula is C17H20ClN3OS. The summed E-state index contributed by atoms with van der Waals surface area (Å²) in [6, 6.07) is 7.68. The molecule has 0 unspecified atom stereocenters. The minimum atomic E-state index is -0.0129. The first-order valence-corrected chi connectivity index (χ1v) is 8.98. The first kappa shape index (κ1) is 16.3. The average molecular weight is 350 g/mol. The van der Waals surface area contributed by atoms with Crippen molar-refractivity contribution < 1.29 is 4.79 Å². The van der Waals surface area contributed by atoms with Crippen molar-refractivity contribution in [3.05, 3.63) is 45.6 Å². The topological polar surface area (TPSA) is 35.6 Å². The zero-order chi connectivity index (χ0) is 16.2. The van der Waals surface area contributed by atoms with Crippen molar-refractivity contribution in [2.45, 2.75) is 6.42 Å². The summed E-state index contributed by atoms with van der Waals surface area (Å²) in [7, 11) is 2.13. The van der Waals surface area contributed by atoms with Crippen LogP contribution >= 0.6 is 22.9 Å². The summed E-state index contributed by atoms with van der Waals surface area (Å²) in [5, 5.41) is 7.64. The Balaban J connectivity index is 1.75. The van der Waals surface area contributed by atoms with Crippen LogP contribution in [-0.4, -0.2) is 44.0 Å². The summed E-state index contributed by atoms with van der Waals surface area (Å²) in [6.07, 6.45) is 0.387. The van der Waals surface area contributed by atoms with Gasteiger partial charge in [-0.3, -0.25) is 4.79 Å². The number of benzene rings is 1. The maximum atomic E-state index is 12.3. The molecule has 1 fully saturated rings. The van der Waals surface area contributed by atoms with Crippen molar-refractivity contribution in [3.63, 3.8) is 0 Å². The van der Waals surface area contributed by atoms with Crippen LogP contribution in [0.4, 0.5) is 11.4 Å². The second-order valence-electron chi connectivity index (χ2n) is 5.81. The molecule has 122 valence electrons. The van der Waals surface area contributed by atoms with Crippen molar-refractivity contribution in [1.82, 2.24) is 4.90 Å². The predicted octanol–water partition coefficient (Wildman–Crippen LogP) is 3.33. The van der Waals surface area contributed by atoms with E-state index in [1.165, 1.54) is 0 Å². The van der Waals surface area contributed by atoms with Gasteiger partial charge in [-0.25, -0.2) is 0 Å². The van der Waals surface area contributed by atoms with Crippen LogP contribution < -0.4 is 10.2 Å². The van der Waals surface area contributed by atoms with Gasteiger partial charge in [0.15, 0.2) is 0 Å². The lowest BCUT2D eigenvalue weighted by Crippen LogP contribution is -2.44. The number of nitrogens with one attached hydrogen (secondary N) is 1. The van der Waals surface area contributed by atoms with E-state index in [9.17, 15) is 4.79 Å². The number of amides is 1. The fraction of sp³-hybridized carbons (Fsp3) is 0.353. The molecule has 1 aromatic heterocycles. The van der Waals surface area contributed by atoms with Gasteiger partial charge in [0.25, 0.3) is 0 Å². The second-order valence-corrected chi connectivity index (χ2v) is 7.02. The van der Waals surface area contributed by atoms with Crippen molar-refractivity contribution in [1.29, 1.82) is 0 Å². The van der Waals surface area contributed by atoms with Gasteiger partial charge in [-0.2, -0.15) is 11.3 Å². The molecule has 0 spiro atoms. The number of anilines is 2. The first-order chi connectivity index (χ1) is 11.1. The second kappa shape index (κ2) is 7.34. The van der Waals surface area contributed by atoms with Crippen LogP contribution in [0.5, 0.6) is 0 Å². The SMILES string of the molecule is CN1CCN(c2ccc(Cl)cc2NC(=O)Cc2ccsc2)CC1. The number of carbonyl (C=O) groups excluding carboxylic acids is 1. The molecule has 0 saturated carbocycles. The number of hydrogen-bond acceptors (Lipinski definition) is 4. The fourth-order valence-electron chi connectivity index (χ4n) is 2.70. The highest BCUT2D eigenvalue weighted by Gasteiger charge is 2.18. The van der Waals surface area contributed by atoms with Crippen LogP contribution in [0.1, 0.15) is 5.56 Å².